The van der Waals surface area contributed by atoms with Gasteiger partial charge in [0.1, 0.15) is 0 Å². The maximum atomic E-state index is 11.7. The molecule has 4 rings (SSSR count). The Hall–Kier alpha value is -2.86. The molecule has 2 N–H and O–H groups in total. The average Bonchev–Trinajstić information content (AvgIpc) is 3.06. The van der Waals surface area contributed by atoms with Gasteiger partial charge in [-0.2, -0.15) is 0 Å². The van der Waals surface area contributed by atoms with E-state index in [0.29, 0.717) is 11.5 Å². The summed E-state index contributed by atoms with van der Waals surface area (Å²) < 4.78 is 7.76. The monoisotopic (exact) mass is 364 g/mol. The van der Waals surface area contributed by atoms with E-state index < -0.39 is 0 Å². The Bertz CT molecular complexity index is 927. The molecule has 1 saturated heterocycles. The van der Waals surface area contributed by atoms with Crippen molar-refractivity contribution >= 4 is 28.6 Å². The Kier molecular flexibility index (Phi) is 5.07. The molecule has 0 aliphatic carbocycles. The van der Waals surface area contributed by atoms with Gasteiger partial charge in [0.15, 0.2) is 0 Å². The van der Waals surface area contributed by atoms with Crippen molar-refractivity contribution in [3.63, 3.8) is 0 Å². The third-order valence-corrected chi connectivity index (χ3v) is 5.07. The Balaban J connectivity index is 1.62. The molecule has 0 spiro atoms. The van der Waals surface area contributed by atoms with Crippen LogP contribution in [0.25, 0.3) is 11.0 Å². The van der Waals surface area contributed by atoms with Crippen molar-refractivity contribution in [2.75, 3.05) is 25.6 Å². The Morgan fingerprint density at radius 1 is 1.15 bits per heavy atom. The van der Waals surface area contributed by atoms with Gasteiger partial charge >= 0.3 is 0 Å². The molecular formula is C21H24N4O2. The number of fused-ring (bicyclic) bond motifs is 1. The highest BCUT2D eigenvalue weighted by Gasteiger charge is 2.18. The minimum atomic E-state index is -0.0895. The number of para-hydroxylation sites is 2. The largest absolute Gasteiger partial charge is 0.381 e. The smallest absolute Gasteiger partial charge is 0.251 e. The van der Waals surface area contributed by atoms with Crippen LogP contribution in [-0.2, 0) is 11.3 Å². The Labute approximate surface area is 158 Å². The predicted octanol–water partition coefficient (Wildman–Crippen LogP) is 3.57. The fourth-order valence-corrected chi connectivity index (χ4v) is 3.52. The van der Waals surface area contributed by atoms with E-state index in [0.717, 1.165) is 55.3 Å². The topological polar surface area (TPSA) is 68.2 Å². The molecule has 6 nitrogen and oxygen atoms in total. The highest BCUT2D eigenvalue weighted by molar-refractivity contribution is 5.94. The second-order valence-electron chi connectivity index (χ2n) is 6.87. The third-order valence-electron chi connectivity index (χ3n) is 5.07. The molecule has 140 valence electrons. The van der Waals surface area contributed by atoms with Crippen LogP contribution in [0.4, 0.5) is 11.6 Å². The Morgan fingerprint density at radius 3 is 2.63 bits per heavy atom. The lowest BCUT2D eigenvalue weighted by Gasteiger charge is -2.23. The summed E-state index contributed by atoms with van der Waals surface area (Å²) in [5, 5.41) is 6.06. The van der Waals surface area contributed by atoms with Gasteiger partial charge in [-0.1, -0.05) is 12.1 Å². The van der Waals surface area contributed by atoms with Gasteiger partial charge in [-0.15, -0.1) is 0 Å². The Morgan fingerprint density at radius 2 is 1.89 bits per heavy atom. The van der Waals surface area contributed by atoms with E-state index in [1.54, 1.807) is 7.05 Å². The van der Waals surface area contributed by atoms with Gasteiger partial charge in [-0.05, 0) is 55.2 Å². The fourth-order valence-electron chi connectivity index (χ4n) is 3.52. The number of hydrogen-bond donors (Lipinski definition) is 2. The molecule has 1 amide bonds. The first kappa shape index (κ1) is 17.5. The van der Waals surface area contributed by atoms with Crippen LogP contribution >= 0.6 is 0 Å². The summed E-state index contributed by atoms with van der Waals surface area (Å²) in [4.78, 5) is 16.5. The molecule has 0 unspecified atom stereocenters. The van der Waals surface area contributed by atoms with Crippen molar-refractivity contribution in [3.8, 4) is 0 Å². The first-order valence-corrected chi connectivity index (χ1v) is 9.37. The summed E-state index contributed by atoms with van der Waals surface area (Å²) in [6, 6.07) is 15.6. The van der Waals surface area contributed by atoms with E-state index in [9.17, 15) is 4.79 Å². The van der Waals surface area contributed by atoms with Gasteiger partial charge in [0.2, 0.25) is 5.95 Å². The minimum absolute atomic E-state index is 0.0895. The van der Waals surface area contributed by atoms with Crippen molar-refractivity contribution in [3.05, 3.63) is 54.1 Å². The van der Waals surface area contributed by atoms with E-state index in [2.05, 4.69) is 21.3 Å². The molecule has 6 heteroatoms. The van der Waals surface area contributed by atoms with Gasteiger partial charge in [0.05, 0.1) is 11.0 Å². The molecule has 1 fully saturated rings. The summed E-state index contributed by atoms with van der Waals surface area (Å²) in [5.74, 6) is 1.33. The zero-order chi connectivity index (χ0) is 18.6. The molecule has 0 saturated carbocycles. The van der Waals surface area contributed by atoms with Gasteiger partial charge in [-0.25, -0.2) is 4.98 Å². The summed E-state index contributed by atoms with van der Waals surface area (Å²) >= 11 is 0. The number of anilines is 2. The van der Waals surface area contributed by atoms with Crippen LogP contribution in [0.1, 0.15) is 23.2 Å². The number of benzene rings is 2. The lowest BCUT2D eigenvalue weighted by Crippen LogP contribution is -2.21. The van der Waals surface area contributed by atoms with Crippen molar-refractivity contribution in [2.45, 2.75) is 19.4 Å². The number of ether oxygens (including phenoxy) is 1. The van der Waals surface area contributed by atoms with Crippen LogP contribution in [0.2, 0.25) is 0 Å². The second kappa shape index (κ2) is 7.80. The van der Waals surface area contributed by atoms with Crippen molar-refractivity contribution in [1.82, 2.24) is 14.9 Å². The summed E-state index contributed by atoms with van der Waals surface area (Å²) in [5.41, 5.74) is 3.66. The zero-order valence-electron chi connectivity index (χ0n) is 15.4. The second-order valence-corrected chi connectivity index (χ2v) is 6.87. The maximum absolute atomic E-state index is 11.7. The summed E-state index contributed by atoms with van der Waals surface area (Å²) in [6.07, 6.45) is 2.15. The van der Waals surface area contributed by atoms with Crippen LogP contribution < -0.4 is 10.6 Å². The van der Waals surface area contributed by atoms with Gasteiger partial charge in [0.25, 0.3) is 5.91 Å². The van der Waals surface area contributed by atoms with Crippen LogP contribution in [-0.4, -0.2) is 35.7 Å². The van der Waals surface area contributed by atoms with E-state index in [1.165, 1.54) is 0 Å². The first-order chi connectivity index (χ1) is 13.2. The molecule has 1 aliphatic rings. The molecule has 2 aromatic carbocycles. The minimum Gasteiger partial charge on any atom is -0.381 e. The van der Waals surface area contributed by atoms with Crippen LogP contribution in [0.3, 0.4) is 0 Å². The summed E-state index contributed by atoms with van der Waals surface area (Å²) in [7, 11) is 1.63. The van der Waals surface area contributed by atoms with E-state index in [4.69, 9.17) is 9.72 Å². The normalized spacial score (nSPS) is 15.0. The van der Waals surface area contributed by atoms with Crippen molar-refractivity contribution in [2.24, 2.45) is 5.92 Å². The SMILES string of the molecule is CNC(=O)c1ccc(Nc2nc3ccccc3n2CC2CCOCC2)cc1. The predicted molar refractivity (Wildman–Crippen MR) is 106 cm³/mol. The van der Waals surface area contributed by atoms with E-state index >= 15 is 0 Å². The van der Waals surface area contributed by atoms with Crippen LogP contribution in [0, 0.1) is 5.92 Å². The number of carbonyl (C=O) groups excluding carboxylic acids is 1. The van der Waals surface area contributed by atoms with Crippen molar-refractivity contribution in [1.29, 1.82) is 0 Å². The molecule has 0 atom stereocenters. The maximum Gasteiger partial charge on any atom is 0.251 e. The molecular weight excluding hydrogens is 340 g/mol. The zero-order valence-corrected chi connectivity index (χ0v) is 15.4. The van der Waals surface area contributed by atoms with Crippen LogP contribution in [0.15, 0.2) is 48.5 Å². The fraction of sp³-hybridized carbons (Fsp3) is 0.333. The number of rotatable bonds is 5. The van der Waals surface area contributed by atoms with Crippen molar-refractivity contribution < 1.29 is 9.53 Å². The number of amides is 1. The van der Waals surface area contributed by atoms with E-state index in [-0.39, 0.29) is 5.91 Å². The van der Waals surface area contributed by atoms with Gasteiger partial charge in [-0.3, -0.25) is 4.79 Å². The molecule has 0 bridgehead atoms. The quantitative estimate of drug-likeness (QED) is 0.726. The van der Waals surface area contributed by atoms with Crippen LogP contribution in [0.5, 0.6) is 0 Å². The molecule has 3 aromatic rings. The molecule has 27 heavy (non-hydrogen) atoms. The molecule has 2 heterocycles. The standard InChI is InChI=1S/C21H24N4O2/c1-22-20(26)16-6-8-17(9-7-16)23-21-24-18-4-2-3-5-19(18)25(21)14-15-10-12-27-13-11-15/h2-9,15H,10-14H2,1H3,(H,22,26)(H,23,24). The van der Waals surface area contributed by atoms with E-state index in [1.807, 2.05) is 42.5 Å². The number of nitrogens with one attached hydrogen (secondary N) is 2. The first-order valence-electron chi connectivity index (χ1n) is 9.37. The average molecular weight is 364 g/mol. The van der Waals surface area contributed by atoms with Gasteiger partial charge in [0, 0.05) is 38.1 Å². The third kappa shape index (κ3) is 3.80. The number of aromatic nitrogens is 2. The molecule has 0 radical (unpaired) electrons. The number of hydrogen-bond acceptors (Lipinski definition) is 4. The lowest BCUT2D eigenvalue weighted by atomic mass is 10.0. The molecule has 1 aromatic heterocycles. The highest BCUT2D eigenvalue weighted by atomic mass is 16.5. The number of nitrogens with zero attached hydrogens (tertiary/aromatic N) is 2. The summed E-state index contributed by atoms with van der Waals surface area (Å²) in [6.45, 7) is 2.59. The molecule has 1 aliphatic heterocycles. The number of carbonyl (C=O) groups is 1. The number of imidazole rings is 1. The highest BCUT2D eigenvalue weighted by Crippen LogP contribution is 2.26. The van der Waals surface area contributed by atoms with Gasteiger partial charge < -0.3 is 19.9 Å². The lowest BCUT2D eigenvalue weighted by molar-refractivity contribution is 0.0617.